The van der Waals surface area contributed by atoms with E-state index in [1.165, 1.54) is 7.05 Å². The molecule has 1 atom stereocenters. The molecule has 1 amide bonds. The van der Waals surface area contributed by atoms with Gasteiger partial charge in [-0.2, -0.15) is 16.1 Å². The number of benzene rings is 2. The molecule has 152 valence electrons. The minimum Gasteiger partial charge on any atom is -0.354 e. The van der Waals surface area contributed by atoms with Gasteiger partial charge in [0.25, 0.3) is 0 Å². The number of thioether (sulfide) groups is 1. The van der Waals surface area contributed by atoms with E-state index in [9.17, 15) is 13.2 Å². The van der Waals surface area contributed by atoms with Crippen molar-refractivity contribution in [2.75, 3.05) is 25.6 Å². The maximum Gasteiger partial charge on any atom is 0.243 e. The third kappa shape index (κ3) is 6.39. The van der Waals surface area contributed by atoms with E-state index in [4.69, 9.17) is 23.2 Å². The van der Waals surface area contributed by atoms with Crippen molar-refractivity contribution in [2.24, 2.45) is 0 Å². The van der Waals surface area contributed by atoms with Gasteiger partial charge in [-0.15, -0.1) is 0 Å². The van der Waals surface area contributed by atoms with Crippen molar-refractivity contribution in [3.05, 3.63) is 69.7 Å². The van der Waals surface area contributed by atoms with Crippen LogP contribution in [-0.2, 0) is 20.6 Å². The molecule has 0 radical (unpaired) electrons. The number of rotatable bonds is 9. The molecule has 0 spiro atoms. The molecule has 2 aromatic rings. The first-order chi connectivity index (χ1) is 13.2. The van der Waals surface area contributed by atoms with Crippen molar-refractivity contribution < 1.29 is 13.2 Å². The van der Waals surface area contributed by atoms with Crippen LogP contribution in [0.15, 0.2) is 48.5 Å². The predicted molar refractivity (Wildman–Crippen MR) is 117 cm³/mol. The van der Waals surface area contributed by atoms with Crippen molar-refractivity contribution in [1.82, 2.24) is 9.62 Å². The molecule has 0 saturated heterocycles. The number of halogens is 2. The standard InChI is InChI=1S/C19H22Cl2N2O3S2/c1-23(28(2,25)26)18(14-7-4-3-5-8-14)19(24)22-11-12-27-13-15-16(20)9-6-10-17(15)21/h3-10,18H,11-13H2,1-2H3,(H,22,24)/t18-/m0/s1. The zero-order valence-electron chi connectivity index (χ0n) is 15.6. The average Bonchev–Trinajstić information content (AvgIpc) is 2.64. The lowest BCUT2D eigenvalue weighted by atomic mass is 10.1. The number of likely N-dealkylation sites (N-methyl/N-ethyl adjacent to an activating group) is 1. The molecule has 28 heavy (non-hydrogen) atoms. The highest BCUT2D eigenvalue weighted by molar-refractivity contribution is 7.98. The van der Waals surface area contributed by atoms with E-state index >= 15 is 0 Å². The Morgan fingerprint density at radius 3 is 2.29 bits per heavy atom. The highest BCUT2D eigenvalue weighted by Crippen LogP contribution is 2.28. The molecule has 0 aliphatic rings. The Bertz CT molecular complexity index is 888. The van der Waals surface area contributed by atoms with E-state index in [1.54, 1.807) is 54.2 Å². The van der Waals surface area contributed by atoms with Crippen molar-refractivity contribution in [1.29, 1.82) is 0 Å². The van der Waals surface area contributed by atoms with Gasteiger partial charge in [-0.3, -0.25) is 4.79 Å². The van der Waals surface area contributed by atoms with Gasteiger partial charge >= 0.3 is 0 Å². The zero-order chi connectivity index (χ0) is 20.7. The van der Waals surface area contributed by atoms with Gasteiger partial charge in [0.05, 0.1) is 6.26 Å². The van der Waals surface area contributed by atoms with E-state index in [0.29, 0.717) is 33.7 Å². The Morgan fingerprint density at radius 1 is 1.11 bits per heavy atom. The summed E-state index contributed by atoms with van der Waals surface area (Å²) in [5.41, 5.74) is 1.48. The normalized spacial score (nSPS) is 12.8. The summed E-state index contributed by atoms with van der Waals surface area (Å²) in [6, 6.07) is 13.3. The Balaban J connectivity index is 1.95. The van der Waals surface area contributed by atoms with Gasteiger partial charge in [0.15, 0.2) is 0 Å². The number of amides is 1. The van der Waals surface area contributed by atoms with Gasteiger partial charge in [0.1, 0.15) is 6.04 Å². The predicted octanol–water partition coefficient (Wildman–Crippen LogP) is 3.98. The van der Waals surface area contributed by atoms with Crippen molar-refractivity contribution >= 4 is 50.9 Å². The second kappa shape index (κ2) is 10.5. The van der Waals surface area contributed by atoms with Gasteiger partial charge < -0.3 is 5.32 Å². The highest BCUT2D eigenvalue weighted by Gasteiger charge is 2.30. The average molecular weight is 461 g/mol. The molecule has 0 fully saturated rings. The van der Waals surface area contributed by atoms with Crippen LogP contribution in [0.5, 0.6) is 0 Å². The maximum absolute atomic E-state index is 12.7. The molecule has 0 saturated carbocycles. The lowest BCUT2D eigenvalue weighted by molar-refractivity contribution is -0.124. The largest absolute Gasteiger partial charge is 0.354 e. The fourth-order valence-corrected chi connectivity index (χ4v) is 4.74. The van der Waals surface area contributed by atoms with Crippen LogP contribution < -0.4 is 5.32 Å². The SMILES string of the molecule is CN([C@H](C(=O)NCCSCc1c(Cl)cccc1Cl)c1ccccc1)S(C)(=O)=O. The Hall–Kier alpha value is -1.25. The number of hydrogen-bond donors (Lipinski definition) is 1. The minimum atomic E-state index is -3.54. The second-order valence-electron chi connectivity index (χ2n) is 6.14. The van der Waals surface area contributed by atoms with Crippen LogP contribution in [0.4, 0.5) is 0 Å². The first-order valence-electron chi connectivity index (χ1n) is 8.48. The topological polar surface area (TPSA) is 66.5 Å². The molecular formula is C19H22Cl2N2O3S2. The van der Waals surface area contributed by atoms with Gasteiger partial charge in [0.2, 0.25) is 15.9 Å². The summed E-state index contributed by atoms with van der Waals surface area (Å²) in [5, 5.41) is 4.05. The molecule has 2 aromatic carbocycles. The molecule has 0 aromatic heterocycles. The van der Waals surface area contributed by atoms with Crippen LogP contribution in [0.2, 0.25) is 10.0 Å². The Labute approximate surface area is 180 Å². The summed E-state index contributed by atoms with van der Waals surface area (Å²) in [6.07, 6.45) is 1.08. The minimum absolute atomic E-state index is 0.365. The lowest BCUT2D eigenvalue weighted by Gasteiger charge is -2.25. The Kier molecular flexibility index (Phi) is 8.64. The molecule has 2 rings (SSSR count). The number of nitrogens with zero attached hydrogens (tertiary/aromatic N) is 1. The van der Waals surface area contributed by atoms with Crippen molar-refractivity contribution in [3.8, 4) is 0 Å². The van der Waals surface area contributed by atoms with Gasteiger partial charge in [0, 0.05) is 35.1 Å². The molecule has 9 heteroatoms. The summed E-state index contributed by atoms with van der Waals surface area (Å²) < 4.78 is 25.0. The Morgan fingerprint density at radius 2 is 1.71 bits per heavy atom. The molecule has 1 N–H and O–H groups in total. The fourth-order valence-electron chi connectivity index (χ4n) is 2.54. The van der Waals surface area contributed by atoms with Crippen molar-refractivity contribution in [2.45, 2.75) is 11.8 Å². The molecule has 0 aliphatic heterocycles. The highest BCUT2D eigenvalue weighted by atomic mass is 35.5. The van der Waals surface area contributed by atoms with E-state index in [2.05, 4.69) is 5.32 Å². The van der Waals surface area contributed by atoms with Gasteiger partial charge in [-0.1, -0.05) is 59.6 Å². The first kappa shape index (κ1) is 23.0. The summed E-state index contributed by atoms with van der Waals surface area (Å²) in [6.45, 7) is 0.395. The summed E-state index contributed by atoms with van der Waals surface area (Å²) >= 11 is 13.9. The molecule has 0 unspecified atom stereocenters. The van der Waals surface area contributed by atoms with Gasteiger partial charge in [-0.05, 0) is 23.3 Å². The first-order valence-corrected chi connectivity index (χ1v) is 12.2. The van der Waals surface area contributed by atoms with Crippen LogP contribution >= 0.6 is 35.0 Å². The molecule has 5 nitrogen and oxygen atoms in total. The van der Waals surface area contributed by atoms with Crippen LogP contribution in [0.25, 0.3) is 0 Å². The molecule has 0 heterocycles. The number of hydrogen-bond acceptors (Lipinski definition) is 4. The van der Waals surface area contributed by atoms with E-state index in [0.717, 1.165) is 16.1 Å². The van der Waals surface area contributed by atoms with Crippen LogP contribution in [0, 0.1) is 0 Å². The summed E-state index contributed by atoms with van der Waals surface area (Å²) in [7, 11) is -2.13. The second-order valence-corrected chi connectivity index (χ2v) is 10.1. The molecule has 0 bridgehead atoms. The number of carbonyl (C=O) groups excluding carboxylic acids is 1. The maximum atomic E-state index is 12.7. The number of nitrogens with one attached hydrogen (secondary N) is 1. The zero-order valence-corrected chi connectivity index (χ0v) is 18.7. The van der Waals surface area contributed by atoms with Crippen LogP contribution in [0.1, 0.15) is 17.2 Å². The van der Waals surface area contributed by atoms with E-state index in [1.807, 2.05) is 6.07 Å². The smallest absolute Gasteiger partial charge is 0.243 e. The molecule has 0 aliphatic carbocycles. The lowest BCUT2D eigenvalue weighted by Crippen LogP contribution is -2.41. The number of sulfonamides is 1. The van der Waals surface area contributed by atoms with Crippen LogP contribution in [0.3, 0.4) is 0 Å². The fraction of sp³-hybridized carbons (Fsp3) is 0.316. The van der Waals surface area contributed by atoms with E-state index < -0.39 is 16.1 Å². The summed E-state index contributed by atoms with van der Waals surface area (Å²) in [5.74, 6) is 0.896. The molecular weight excluding hydrogens is 439 g/mol. The monoisotopic (exact) mass is 460 g/mol. The third-order valence-electron chi connectivity index (χ3n) is 4.10. The third-order valence-corrected chi connectivity index (χ3v) is 7.05. The van der Waals surface area contributed by atoms with Gasteiger partial charge in [-0.25, -0.2) is 8.42 Å². The van der Waals surface area contributed by atoms with Crippen molar-refractivity contribution in [3.63, 3.8) is 0 Å². The quantitative estimate of drug-likeness (QED) is 0.574. The van der Waals surface area contributed by atoms with E-state index in [-0.39, 0.29) is 5.91 Å². The number of carbonyl (C=O) groups is 1. The van der Waals surface area contributed by atoms with Crippen LogP contribution in [-0.4, -0.2) is 44.2 Å². The summed E-state index contributed by atoms with van der Waals surface area (Å²) in [4.78, 5) is 12.7.